The number of anilines is 2. The van der Waals surface area contributed by atoms with Crippen molar-refractivity contribution in [1.29, 1.82) is 0 Å². The van der Waals surface area contributed by atoms with Crippen molar-refractivity contribution < 1.29 is 4.79 Å². The van der Waals surface area contributed by atoms with Crippen LogP contribution in [-0.2, 0) is 6.54 Å². The van der Waals surface area contributed by atoms with Gasteiger partial charge in [0.2, 0.25) is 5.95 Å². The van der Waals surface area contributed by atoms with E-state index in [9.17, 15) is 4.79 Å². The van der Waals surface area contributed by atoms with Gasteiger partial charge in [-0.2, -0.15) is 0 Å². The van der Waals surface area contributed by atoms with Crippen molar-refractivity contribution in [3.05, 3.63) is 107 Å². The maximum absolute atomic E-state index is 12.7. The minimum absolute atomic E-state index is 0.0311. The fourth-order valence-corrected chi connectivity index (χ4v) is 3.30. The van der Waals surface area contributed by atoms with Crippen LogP contribution in [0.1, 0.15) is 15.9 Å². The Morgan fingerprint density at radius 1 is 0.935 bits per heavy atom. The third-order valence-electron chi connectivity index (χ3n) is 4.79. The first-order chi connectivity index (χ1) is 15.1. The Morgan fingerprint density at radius 3 is 2.35 bits per heavy atom. The van der Waals surface area contributed by atoms with Gasteiger partial charge in [-0.15, -0.1) is 0 Å². The summed E-state index contributed by atoms with van der Waals surface area (Å²) in [6.45, 7) is 0.561. The van der Waals surface area contributed by atoms with Crippen LogP contribution >= 0.6 is 11.6 Å². The molecule has 4 aromatic rings. The summed E-state index contributed by atoms with van der Waals surface area (Å²) in [5.74, 6) is 0.448. The number of rotatable bonds is 6. The molecule has 0 aliphatic heterocycles. The number of nitrogens with one attached hydrogen (secondary N) is 1. The third kappa shape index (κ3) is 5.27. The van der Waals surface area contributed by atoms with Gasteiger partial charge in [0.1, 0.15) is 0 Å². The van der Waals surface area contributed by atoms with Crippen molar-refractivity contribution in [3.63, 3.8) is 0 Å². The van der Waals surface area contributed by atoms with Crippen LogP contribution < -0.4 is 5.32 Å². The molecular weight excluding hydrogens is 408 g/mol. The van der Waals surface area contributed by atoms with E-state index in [1.807, 2.05) is 72.8 Å². The highest BCUT2D eigenvalue weighted by Gasteiger charge is 2.12. The van der Waals surface area contributed by atoms with E-state index in [4.69, 9.17) is 11.6 Å². The summed E-state index contributed by atoms with van der Waals surface area (Å²) in [5.41, 5.74) is 4.27. The minimum atomic E-state index is -0.0311. The highest BCUT2D eigenvalue weighted by molar-refractivity contribution is 6.30. The SMILES string of the molecule is CN(Cc1ccccc1)C(=O)c1ccc(Nc2nccc(-c3ccc(Cl)cc3)n2)cc1. The van der Waals surface area contributed by atoms with Crippen LogP contribution in [-0.4, -0.2) is 27.8 Å². The molecule has 1 heterocycles. The normalized spacial score (nSPS) is 10.5. The molecule has 0 unspecified atom stereocenters. The number of carbonyl (C=O) groups is 1. The second kappa shape index (κ2) is 9.41. The number of carbonyl (C=O) groups excluding carboxylic acids is 1. The van der Waals surface area contributed by atoms with E-state index in [0.717, 1.165) is 22.5 Å². The van der Waals surface area contributed by atoms with Gasteiger partial charge in [0.15, 0.2) is 0 Å². The molecule has 0 fully saturated rings. The van der Waals surface area contributed by atoms with E-state index in [1.54, 1.807) is 30.3 Å². The second-order valence-electron chi connectivity index (χ2n) is 7.12. The molecule has 0 aliphatic carbocycles. The van der Waals surface area contributed by atoms with E-state index in [2.05, 4.69) is 15.3 Å². The third-order valence-corrected chi connectivity index (χ3v) is 5.04. The Morgan fingerprint density at radius 2 is 1.65 bits per heavy atom. The Labute approximate surface area is 186 Å². The lowest BCUT2D eigenvalue weighted by Crippen LogP contribution is -2.26. The Kier molecular flexibility index (Phi) is 6.24. The lowest BCUT2D eigenvalue weighted by atomic mass is 10.1. The van der Waals surface area contributed by atoms with E-state index < -0.39 is 0 Å². The minimum Gasteiger partial charge on any atom is -0.337 e. The largest absolute Gasteiger partial charge is 0.337 e. The van der Waals surface area contributed by atoms with Crippen LogP contribution in [0.2, 0.25) is 5.02 Å². The molecule has 0 saturated carbocycles. The van der Waals surface area contributed by atoms with Crippen LogP contribution in [0.4, 0.5) is 11.6 Å². The van der Waals surface area contributed by atoms with Gasteiger partial charge in [0.05, 0.1) is 5.69 Å². The average molecular weight is 429 g/mol. The number of nitrogens with zero attached hydrogens (tertiary/aromatic N) is 3. The van der Waals surface area contributed by atoms with Crippen molar-refractivity contribution in [1.82, 2.24) is 14.9 Å². The van der Waals surface area contributed by atoms with Gasteiger partial charge in [0, 0.05) is 41.6 Å². The summed E-state index contributed by atoms with van der Waals surface area (Å²) in [7, 11) is 1.80. The Hall–Kier alpha value is -3.70. The first kappa shape index (κ1) is 20.6. The van der Waals surface area contributed by atoms with Crippen LogP contribution in [0.15, 0.2) is 91.1 Å². The van der Waals surface area contributed by atoms with Crippen molar-refractivity contribution >= 4 is 29.1 Å². The molecule has 1 amide bonds. The van der Waals surface area contributed by atoms with Crippen molar-refractivity contribution in [2.45, 2.75) is 6.54 Å². The maximum Gasteiger partial charge on any atom is 0.253 e. The van der Waals surface area contributed by atoms with E-state index in [1.165, 1.54) is 0 Å². The van der Waals surface area contributed by atoms with Crippen LogP contribution in [0.3, 0.4) is 0 Å². The molecule has 1 N–H and O–H groups in total. The molecule has 0 atom stereocenters. The first-order valence-electron chi connectivity index (χ1n) is 9.84. The van der Waals surface area contributed by atoms with Crippen molar-refractivity contribution in [2.24, 2.45) is 0 Å². The van der Waals surface area contributed by atoms with Gasteiger partial charge < -0.3 is 10.2 Å². The van der Waals surface area contributed by atoms with E-state index in [0.29, 0.717) is 23.1 Å². The van der Waals surface area contributed by atoms with E-state index in [-0.39, 0.29) is 5.91 Å². The molecular formula is C25H21ClN4O. The highest BCUT2D eigenvalue weighted by Crippen LogP contribution is 2.22. The quantitative estimate of drug-likeness (QED) is 0.421. The zero-order chi connectivity index (χ0) is 21.6. The monoisotopic (exact) mass is 428 g/mol. The molecule has 154 valence electrons. The molecule has 3 aromatic carbocycles. The fourth-order valence-electron chi connectivity index (χ4n) is 3.18. The molecule has 4 rings (SSSR count). The zero-order valence-electron chi connectivity index (χ0n) is 17.0. The molecule has 6 heteroatoms. The number of hydrogen-bond acceptors (Lipinski definition) is 4. The standard InChI is InChI=1S/C25H21ClN4O/c1-30(17-18-5-3-2-4-6-18)24(31)20-9-13-22(14-10-20)28-25-27-16-15-23(29-25)19-7-11-21(26)12-8-19/h2-16H,17H2,1H3,(H,27,28,29). The fraction of sp³-hybridized carbons (Fsp3) is 0.0800. The second-order valence-corrected chi connectivity index (χ2v) is 7.56. The van der Waals surface area contributed by atoms with Crippen molar-refractivity contribution in [3.8, 4) is 11.3 Å². The number of halogens is 1. The summed E-state index contributed by atoms with van der Waals surface area (Å²) in [6.07, 6.45) is 1.70. The van der Waals surface area contributed by atoms with Crippen molar-refractivity contribution in [2.75, 3.05) is 12.4 Å². The highest BCUT2D eigenvalue weighted by atomic mass is 35.5. The van der Waals surface area contributed by atoms with Gasteiger partial charge in [-0.1, -0.05) is 54.1 Å². The van der Waals surface area contributed by atoms with Crippen LogP contribution in [0.25, 0.3) is 11.3 Å². The predicted molar refractivity (Wildman–Crippen MR) is 124 cm³/mol. The molecule has 5 nitrogen and oxygen atoms in total. The van der Waals surface area contributed by atoms with Gasteiger partial charge in [0.25, 0.3) is 5.91 Å². The predicted octanol–water partition coefficient (Wildman–Crippen LogP) is 5.81. The molecule has 1 aromatic heterocycles. The van der Waals surface area contributed by atoms with Gasteiger partial charge in [-0.05, 0) is 48.0 Å². The maximum atomic E-state index is 12.7. The Bertz CT molecular complexity index is 1160. The van der Waals surface area contributed by atoms with E-state index >= 15 is 0 Å². The topological polar surface area (TPSA) is 58.1 Å². The van der Waals surface area contributed by atoms with Gasteiger partial charge in [-0.3, -0.25) is 4.79 Å². The summed E-state index contributed by atoms with van der Waals surface area (Å²) in [4.78, 5) is 23.3. The smallest absolute Gasteiger partial charge is 0.253 e. The zero-order valence-corrected chi connectivity index (χ0v) is 17.8. The molecule has 0 bridgehead atoms. The molecule has 0 spiro atoms. The number of aromatic nitrogens is 2. The average Bonchev–Trinajstić information content (AvgIpc) is 2.80. The number of hydrogen-bond donors (Lipinski definition) is 1. The molecule has 31 heavy (non-hydrogen) atoms. The van der Waals surface area contributed by atoms with Crippen LogP contribution in [0, 0.1) is 0 Å². The first-order valence-corrected chi connectivity index (χ1v) is 10.2. The lowest BCUT2D eigenvalue weighted by Gasteiger charge is -2.17. The summed E-state index contributed by atoms with van der Waals surface area (Å²) in [6, 6.07) is 26.6. The van der Waals surface area contributed by atoms with Crippen LogP contribution in [0.5, 0.6) is 0 Å². The molecule has 0 saturated heterocycles. The van der Waals surface area contributed by atoms with Gasteiger partial charge in [-0.25, -0.2) is 9.97 Å². The summed E-state index contributed by atoms with van der Waals surface area (Å²) >= 11 is 5.96. The number of amides is 1. The summed E-state index contributed by atoms with van der Waals surface area (Å²) in [5, 5.41) is 3.87. The Balaban J connectivity index is 1.43. The number of benzene rings is 3. The molecule has 0 radical (unpaired) electrons. The molecule has 0 aliphatic rings. The lowest BCUT2D eigenvalue weighted by molar-refractivity contribution is 0.0785. The van der Waals surface area contributed by atoms with Gasteiger partial charge >= 0.3 is 0 Å². The summed E-state index contributed by atoms with van der Waals surface area (Å²) < 4.78 is 0.